The summed E-state index contributed by atoms with van der Waals surface area (Å²) in [5.41, 5.74) is 1.75. The summed E-state index contributed by atoms with van der Waals surface area (Å²) in [6.45, 7) is 5.37. The fraction of sp³-hybridized carbons (Fsp3) is 0.474. The maximum Gasteiger partial charge on any atom is 0.225 e. The molecule has 0 bridgehead atoms. The van der Waals surface area contributed by atoms with E-state index in [1.165, 1.54) is 0 Å². The van der Waals surface area contributed by atoms with Gasteiger partial charge in [0.2, 0.25) is 5.95 Å². The molecule has 2 aliphatic rings. The van der Waals surface area contributed by atoms with Crippen molar-refractivity contribution >= 4 is 5.95 Å². The summed E-state index contributed by atoms with van der Waals surface area (Å²) in [6, 6.07) is 1.83. The lowest BCUT2D eigenvalue weighted by Crippen LogP contribution is -2.47. The van der Waals surface area contributed by atoms with E-state index in [9.17, 15) is 10.2 Å². The zero-order chi connectivity index (χ0) is 17.9. The molecule has 1 aliphatic carbocycles. The molecule has 1 aliphatic heterocycles. The van der Waals surface area contributed by atoms with Crippen molar-refractivity contribution in [2.24, 2.45) is 0 Å². The van der Waals surface area contributed by atoms with Crippen molar-refractivity contribution in [3.63, 3.8) is 0 Å². The molecule has 0 amide bonds. The van der Waals surface area contributed by atoms with Gasteiger partial charge in [0, 0.05) is 56.2 Å². The van der Waals surface area contributed by atoms with Crippen LogP contribution >= 0.6 is 0 Å². The van der Waals surface area contributed by atoms with E-state index in [1.807, 2.05) is 18.2 Å². The average molecular weight is 355 g/mol. The highest BCUT2D eigenvalue weighted by Gasteiger charge is 2.23. The molecule has 0 unspecified atom stereocenters. The first-order chi connectivity index (χ1) is 12.7. The largest absolute Gasteiger partial charge is 0.494 e. The van der Waals surface area contributed by atoms with Gasteiger partial charge in [-0.05, 0) is 31.9 Å². The number of hydrogen-bond acceptors (Lipinski definition) is 6. The van der Waals surface area contributed by atoms with Crippen LogP contribution in [0.1, 0.15) is 17.5 Å². The Hall–Kier alpha value is -2.54. The van der Waals surface area contributed by atoms with Crippen molar-refractivity contribution < 1.29 is 10.2 Å². The van der Waals surface area contributed by atoms with E-state index in [2.05, 4.69) is 19.8 Å². The molecule has 0 aromatic carbocycles. The summed E-state index contributed by atoms with van der Waals surface area (Å²) in [5.74, 6) is 1.26. The van der Waals surface area contributed by atoms with E-state index >= 15 is 0 Å². The van der Waals surface area contributed by atoms with Crippen LogP contribution in [-0.2, 0) is 19.4 Å². The molecule has 7 heteroatoms. The second-order valence-electron chi connectivity index (χ2n) is 6.87. The first kappa shape index (κ1) is 16.9. The molecular weight excluding hydrogens is 330 g/mol. The van der Waals surface area contributed by atoms with Gasteiger partial charge in [-0.15, -0.1) is 0 Å². The summed E-state index contributed by atoms with van der Waals surface area (Å²) in [4.78, 5) is 13.3. The average Bonchev–Trinajstić information content (AvgIpc) is 2.94. The van der Waals surface area contributed by atoms with Gasteiger partial charge in [0.15, 0.2) is 11.8 Å². The molecule has 2 aromatic rings. The van der Waals surface area contributed by atoms with Crippen molar-refractivity contribution in [1.82, 2.24) is 19.4 Å². The zero-order valence-electron chi connectivity index (χ0n) is 14.9. The van der Waals surface area contributed by atoms with Crippen LogP contribution in [0.5, 0.6) is 11.8 Å². The minimum absolute atomic E-state index is 0.230. The van der Waals surface area contributed by atoms with E-state index in [1.54, 1.807) is 17.0 Å². The second-order valence-corrected chi connectivity index (χ2v) is 6.87. The monoisotopic (exact) mass is 355 g/mol. The predicted molar refractivity (Wildman–Crippen MR) is 99.6 cm³/mol. The number of allylic oxidation sites excluding steroid dienone is 2. The molecular formula is C19H25N5O2. The van der Waals surface area contributed by atoms with Crippen LogP contribution in [0.2, 0.25) is 0 Å². The Morgan fingerprint density at radius 2 is 1.46 bits per heavy atom. The Morgan fingerprint density at radius 1 is 0.846 bits per heavy atom. The number of anilines is 1. The number of fused-ring (bicyclic) bond motifs is 1. The van der Waals surface area contributed by atoms with Gasteiger partial charge in [-0.25, -0.2) is 9.97 Å². The van der Waals surface area contributed by atoms with E-state index in [-0.39, 0.29) is 11.8 Å². The van der Waals surface area contributed by atoms with Crippen LogP contribution in [-0.4, -0.2) is 62.4 Å². The molecule has 3 heterocycles. The Balaban J connectivity index is 1.28. The van der Waals surface area contributed by atoms with E-state index in [0.717, 1.165) is 56.2 Å². The second kappa shape index (κ2) is 7.37. The fourth-order valence-electron chi connectivity index (χ4n) is 3.82. The molecule has 26 heavy (non-hydrogen) atoms. The summed E-state index contributed by atoms with van der Waals surface area (Å²) < 4.78 is 1.66. The lowest BCUT2D eigenvalue weighted by atomic mass is 10.0. The molecule has 0 radical (unpaired) electrons. The van der Waals surface area contributed by atoms with Gasteiger partial charge in [0.25, 0.3) is 0 Å². The van der Waals surface area contributed by atoms with Crippen LogP contribution in [0.4, 0.5) is 5.95 Å². The molecule has 0 atom stereocenters. The van der Waals surface area contributed by atoms with Gasteiger partial charge in [0.05, 0.1) is 0 Å². The van der Waals surface area contributed by atoms with Gasteiger partial charge in [-0.3, -0.25) is 9.47 Å². The topological polar surface area (TPSA) is 77.7 Å². The number of aromatic hydroxyl groups is 2. The molecule has 2 N–H and O–H groups in total. The van der Waals surface area contributed by atoms with Crippen LogP contribution in [0, 0.1) is 0 Å². The minimum Gasteiger partial charge on any atom is -0.494 e. The number of nitrogens with zero attached hydrogens (tertiary/aromatic N) is 5. The van der Waals surface area contributed by atoms with Crippen molar-refractivity contribution in [2.75, 3.05) is 37.6 Å². The number of rotatable bonds is 5. The first-order valence-corrected chi connectivity index (χ1v) is 9.25. The molecule has 7 nitrogen and oxygen atoms in total. The summed E-state index contributed by atoms with van der Waals surface area (Å²) >= 11 is 0. The fourth-order valence-corrected chi connectivity index (χ4v) is 3.82. The predicted octanol–water partition coefficient (Wildman–Crippen LogP) is 1.56. The maximum absolute atomic E-state index is 10.4. The zero-order valence-corrected chi connectivity index (χ0v) is 14.9. The third-order valence-corrected chi connectivity index (χ3v) is 5.29. The van der Waals surface area contributed by atoms with Crippen molar-refractivity contribution in [3.8, 4) is 11.8 Å². The highest BCUT2D eigenvalue weighted by Crippen LogP contribution is 2.36. The third kappa shape index (κ3) is 3.26. The molecule has 1 fully saturated rings. The Morgan fingerprint density at radius 3 is 2.08 bits per heavy atom. The van der Waals surface area contributed by atoms with E-state index in [4.69, 9.17) is 0 Å². The van der Waals surface area contributed by atoms with Gasteiger partial charge in [-0.2, -0.15) is 0 Å². The van der Waals surface area contributed by atoms with Crippen molar-refractivity contribution in [1.29, 1.82) is 0 Å². The number of hydrogen-bond donors (Lipinski definition) is 2. The van der Waals surface area contributed by atoms with Gasteiger partial charge < -0.3 is 15.1 Å². The highest BCUT2D eigenvalue weighted by molar-refractivity contribution is 5.49. The van der Waals surface area contributed by atoms with Gasteiger partial charge in [0.1, 0.15) is 0 Å². The summed E-state index contributed by atoms with van der Waals surface area (Å²) in [6.07, 6.45) is 9.93. The smallest absolute Gasteiger partial charge is 0.225 e. The minimum atomic E-state index is 0.230. The molecule has 0 spiro atoms. The lowest BCUT2D eigenvalue weighted by molar-refractivity contribution is 0.245. The number of piperazine rings is 1. The Bertz CT molecular complexity index is 747. The Labute approximate surface area is 153 Å². The molecule has 0 saturated carbocycles. The summed E-state index contributed by atoms with van der Waals surface area (Å²) in [7, 11) is 0. The SMILES string of the molecule is Oc1c2c(c(O)n1CCCN1CCN(c3ncccn3)CC1)CC=CC2. The maximum atomic E-state index is 10.4. The molecule has 138 valence electrons. The lowest BCUT2D eigenvalue weighted by Gasteiger charge is -2.34. The summed E-state index contributed by atoms with van der Waals surface area (Å²) in [5, 5.41) is 20.8. The van der Waals surface area contributed by atoms with E-state index < -0.39 is 0 Å². The third-order valence-electron chi connectivity index (χ3n) is 5.29. The van der Waals surface area contributed by atoms with E-state index in [0.29, 0.717) is 19.4 Å². The first-order valence-electron chi connectivity index (χ1n) is 9.25. The Kier molecular flexibility index (Phi) is 4.79. The molecule has 4 rings (SSSR count). The van der Waals surface area contributed by atoms with Crippen LogP contribution in [0.15, 0.2) is 30.6 Å². The number of aromatic nitrogens is 3. The molecule has 2 aromatic heterocycles. The van der Waals surface area contributed by atoms with Gasteiger partial charge in [-0.1, -0.05) is 12.2 Å². The van der Waals surface area contributed by atoms with Gasteiger partial charge >= 0.3 is 0 Å². The van der Waals surface area contributed by atoms with Crippen LogP contribution < -0.4 is 4.90 Å². The van der Waals surface area contributed by atoms with Crippen molar-refractivity contribution in [2.45, 2.75) is 25.8 Å². The molecule has 1 saturated heterocycles. The quantitative estimate of drug-likeness (QED) is 0.793. The highest BCUT2D eigenvalue weighted by atomic mass is 16.3. The van der Waals surface area contributed by atoms with Crippen LogP contribution in [0.3, 0.4) is 0 Å². The normalized spacial score (nSPS) is 17.5. The standard InChI is InChI=1S/C19H25N5O2/c25-17-15-5-1-2-6-16(15)18(26)24(17)10-4-9-22-11-13-23(14-12-22)19-20-7-3-8-21-19/h1-3,7-8,25-26H,4-6,9-14H2. The van der Waals surface area contributed by atoms with Crippen molar-refractivity contribution in [3.05, 3.63) is 41.7 Å². The van der Waals surface area contributed by atoms with Crippen LogP contribution in [0.25, 0.3) is 0 Å².